The highest BCUT2D eigenvalue weighted by atomic mass is 16.5. The summed E-state index contributed by atoms with van der Waals surface area (Å²) in [6, 6.07) is 4.44. The van der Waals surface area contributed by atoms with Crippen LogP contribution < -0.4 is 10.1 Å². The van der Waals surface area contributed by atoms with Gasteiger partial charge in [0.25, 0.3) is 0 Å². The SMILES string of the molecule is CCOCC(C)Oc1cc(CNC(C)C)ccn1. The van der Waals surface area contributed by atoms with E-state index in [4.69, 9.17) is 9.47 Å². The Hall–Kier alpha value is -1.13. The molecule has 102 valence electrons. The van der Waals surface area contributed by atoms with Gasteiger partial charge in [0.15, 0.2) is 0 Å². The van der Waals surface area contributed by atoms with Crippen LogP contribution in [-0.4, -0.2) is 30.3 Å². The van der Waals surface area contributed by atoms with Crippen molar-refractivity contribution >= 4 is 0 Å². The molecule has 1 aromatic heterocycles. The van der Waals surface area contributed by atoms with Gasteiger partial charge in [-0.3, -0.25) is 0 Å². The molecule has 0 aliphatic carbocycles. The van der Waals surface area contributed by atoms with Crippen molar-refractivity contribution in [3.8, 4) is 5.88 Å². The molecule has 0 saturated carbocycles. The van der Waals surface area contributed by atoms with E-state index in [1.54, 1.807) is 6.20 Å². The number of pyridine rings is 1. The molecule has 0 spiro atoms. The van der Waals surface area contributed by atoms with Gasteiger partial charge in [-0.15, -0.1) is 0 Å². The van der Waals surface area contributed by atoms with Crippen LogP contribution >= 0.6 is 0 Å². The molecule has 0 bridgehead atoms. The normalized spacial score (nSPS) is 12.7. The van der Waals surface area contributed by atoms with Crippen LogP contribution in [0.15, 0.2) is 18.3 Å². The maximum atomic E-state index is 5.70. The highest BCUT2D eigenvalue weighted by Crippen LogP contribution is 2.11. The summed E-state index contributed by atoms with van der Waals surface area (Å²) in [7, 11) is 0. The molecule has 4 nitrogen and oxygen atoms in total. The average molecular weight is 252 g/mol. The van der Waals surface area contributed by atoms with Crippen molar-refractivity contribution in [1.82, 2.24) is 10.3 Å². The zero-order chi connectivity index (χ0) is 13.4. The lowest BCUT2D eigenvalue weighted by atomic mass is 10.2. The predicted octanol–water partition coefficient (Wildman–Crippen LogP) is 2.38. The largest absolute Gasteiger partial charge is 0.472 e. The van der Waals surface area contributed by atoms with Gasteiger partial charge in [0.05, 0.1) is 6.61 Å². The summed E-state index contributed by atoms with van der Waals surface area (Å²) in [5, 5.41) is 3.37. The van der Waals surface area contributed by atoms with Crippen LogP contribution in [-0.2, 0) is 11.3 Å². The molecule has 0 aromatic carbocycles. The molecule has 1 atom stereocenters. The van der Waals surface area contributed by atoms with Crippen molar-refractivity contribution in [1.29, 1.82) is 0 Å². The fraction of sp³-hybridized carbons (Fsp3) is 0.643. The van der Waals surface area contributed by atoms with Crippen molar-refractivity contribution in [2.24, 2.45) is 0 Å². The van der Waals surface area contributed by atoms with Gasteiger partial charge in [0.1, 0.15) is 6.10 Å². The van der Waals surface area contributed by atoms with Crippen LogP contribution in [0.5, 0.6) is 5.88 Å². The highest BCUT2D eigenvalue weighted by molar-refractivity contribution is 5.20. The summed E-state index contributed by atoms with van der Waals surface area (Å²) in [5.74, 6) is 0.658. The molecule has 18 heavy (non-hydrogen) atoms. The molecule has 1 rings (SSSR count). The molecule has 0 saturated heterocycles. The van der Waals surface area contributed by atoms with Gasteiger partial charge in [0.2, 0.25) is 5.88 Å². The molecule has 0 aliphatic rings. The Labute approximate surface area is 110 Å². The van der Waals surface area contributed by atoms with Crippen LogP contribution in [0, 0.1) is 0 Å². The zero-order valence-electron chi connectivity index (χ0n) is 11.8. The fourth-order valence-electron chi connectivity index (χ4n) is 1.47. The molecule has 1 N–H and O–H groups in total. The first-order valence-electron chi connectivity index (χ1n) is 6.54. The number of nitrogens with one attached hydrogen (secondary N) is 1. The zero-order valence-corrected chi connectivity index (χ0v) is 11.8. The second-order valence-electron chi connectivity index (χ2n) is 4.63. The summed E-state index contributed by atoms with van der Waals surface area (Å²) in [6.07, 6.45) is 1.80. The second kappa shape index (κ2) is 8.06. The lowest BCUT2D eigenvalue weighted by molar-refractivity contribution is 0.0633. The van der Waals surface area contributed by atoms with E-state index in [1.807, 2.05) is 26.0 Å². The van der Waals surface area contributed by atoms with Gasteiger partial charge in [-0.25, -0.2) is 4.98 Å². The van der Waals surface area contributed by atoms with E-state index in [-0.39, 0.29) is 6.10 Å². The first-order chi connectivity index (χ1) is 8.61. The first-order valence-corrected chi connectivity index (χ1v) is 6.54. The Morgan fingerprint density at radius 1 is 1.33 bits per heavy atom. The Bertz CT molecular complexity index is 342. The second-order valence-corrected chi connectivity index (χ2v) is 4.63. The molecule has 0 fully saturated rings. The van der Waals surface area contributed by atoms with Gasteiger partial charge in [-0.1, -0.05) is 13.8 Å². The number of nitrogens with zero attached hydrogens (tertiary/aromatic N) is 1. The van der Waals surface area contributed by atoms with Crippen molar-refractivity contribution in [2.45, 2.75) is 46.4 Å². The lowest BCUT2D eigenvalue weighted by Gasteiger charge is -2.14. The smallest absolute Gasteiger partial charge is 0.213 e. The van der Waals surface area contributed by atoms with Gasteiger partial charge in [-0.2, -0.15) is 0 Å². The Morgan fingerprint density at radius 2 is 2.11 bits per heavy atom. The standard InChI is InChI=1S/C14H24N2O2/c1-5-17-10-12(4)18-14-8-13(6-7-15-14)9-16-11(2)3/h6-8,11-12,16H,5,9-10H2,1-4H3. The predicted molar refractivity (Wildman–Crippen MR) is 72.8 cm³/mol. The van der Waals surface area contributed by atoms with Crippen molar-refractivity contribution in [3.63, 3.8) is 0 Å². The molecule has 0 aliphatic heterocycles. The van der Waals surface area contributed by atoms with Crippen molar-refractivity contribution in [2.75, 3.05) is 13.2 Å². The van der Waals surface area contributed by atoms with E-state index >= 15 is 0 Å². The molecule has 0 amide bonds. The quantitative estimate of drug-likeness (QED) is 0.771. The van der Waals surface area contributed by atoms with Gasteiger partial charge < -0.3 is 14.8 Å². The number of ether oxygens (including phenoxy) is 2. The van der Waals surface area contributed by atoms with E-state index in [1.165, 1.54) is 5.56 Å². The van der Waals surface area contributed by atoms with E-state index in [0.717, 1.165) is 6.54 Å². The summed E-state index contributed by atoms with van der Waals surface area (Å²) in [5.41, 5.74) is 1.18. The summed E-state index contributed by atoms with van der Waals surface area (Å²) < 4.78 is 11.0. The van der Waals surface area contributed by atoms with Crippen molar-refractivity contribution in [3.05, 3.63) is 23.9 Å². The van der Waals surface area contributed by atoms with Crippen LogP contribution in [0.2, 0.25) is 0 Å². The van der Waals surface area contributed by atoms with Crippen molar-refractivity contribution < 1.29 is 9.47 Å². The van der Waals surface area contributed by atoms with Gasteiger partial charge >= 0.3 is 0 Å². The third kappa shape index (κ3) is 5.98. The Balaban J connectivity index is 2.48. The van der Waals surface area contributed by atoms with Gasteiger partial charge in [0, 0.05) is 31.5 Å². The van der Waals surface area contributed by atoms with Gasteiger partial charge in [-0.05, 0) is 25.5 Å². The first kappa shape index (κ1) is 14.9. The van der Waals surface area contributed by atoms with E-state index in [9.17, 15) is 0 Å². The number of hydrogen-bond acceptors (Lipinski definition) is 4. The molecule has 1 unspecified atom stereocenters. The third-order valence-corrected chi connectivity index (χ3v) is 2.39. The summed E-state index contributed by atoms with van der Waals surface area (Å²) in [4.78, 5) is 4.21. The number of hydrogen-bond donors (Lipinski definition) is 1. The Morgan fingerprint density at radius 3 is 2.78 bits per heavy atom. The summed E-state index contributed by atoms with van der Waals surface area (Å²) in [6.45, 7) is 10.3. The monoisotopic (exact) mass is 252 g/mol. The summed E-state index contributed by atoms with van der Waals surface area (Å²) >= 11 is 0. The molecule has 0 radical (unpaired) electrons. The molecule has 1 heterocycles. The molecular formula is C14H24N2O2. The lowest BCUT2D eigenvalue weighted by Crippen LogP contribution is -2.22. The minimum atomic E-state index is 0.0192. The third-order valence-electron chi connectivity index (χ3n) is 2.39. The van der Waals surface area contributed by atoms with Crippen LogP contribution in [0.25, 0.3) is 0 Å². The molecule has 1 aromatic rings. The molecular weight excluding hydrogens is 228 g/mol. The molecule has 4 heteroatoms. The van der Waals surface area contributed by atoms with E-state index in [2.05, 4.69) is 24.1 Å². The minimum absolute atomic E-state index is 0.0192. The maximum Gasteiger partial charge on any atom is 0.213 e. The fourth-order valence-corrected chi connectivity index (χ4v) is 1.47. The minimum Gasteiger partial charge on any atom is -0.472 e. The topological polar surface area (TPSA) is 43.4 Å². The van der Waals surface area contributed by atoms with Crippen LogP contribution in [0.1, 0.15) is 33.3 Å². The van der Waals surface area contributed by atoms with Crippen LogP contribution in [0.4, 0.5) is 0 Å². The Kier molecular flexibility index (Phi) is 6.68. The number of rotatable bonds is 8. The number of aromatic nitrogens is 1. The van der Waals surface area contributed by atoms with E-state index < -0.39 is 0 Å². The van der Waals surface area contributed by atoms with Crippen LogP contribution in [0.3, 0.4) is 0 Å². The maximum absolute atomic E-state index is 5.70. The van der Waals surface area contributed by atoms with E-state index in [0.29, 0.717) is 25.1 Å². The average Bonchev–Trinajstić information content (AvgIpc) is 2.34. The highest BCUT2D eigenvalue weighted by Gasteiger charge is 2.05.